The molecule has 2 nitrogen and oxygen atoms in total. The number of unbranched alkanes of at least 4 members (excludes halogenated alkanes) is 20. The van der Waals surface area contributed by atoms with Gasteiger partial charge in [0.1, 0.15) is 0 Å². The first kappa shape index (κ1) is 32.7. The average molecular weight is 483 g/mol. The van der Waals surface area contributed by atoms with Gasteiger partial charge in [0, 0.05) is 6.42 Å². The van der Waals surface area contributed by atoms with Crippen LogP contribution in [0.3, 0.4) is 0 Å². The predicted octanol–water partition coefficient (Wildman–Crippen LogP) is 11.1. The smallest absolute Gasteiger partial charge is 0.292 e. The normalized spacial score (nSPS) is 12.3. The second-order valence-electron chi connectivity index (χ2n) is 12.1. The first-order valence-electron chi connectivity index (χ1n) is 14.9. The molecule has 0 N–H and O–H groups in total. The van der Waals surface area contributed by atoms with Crippen molar-refractivity contribution in [1.82, 2.24) is 0 Å². The Morgan fingerprint density at radius 2 is 0.818 bits per heavy atom. The maximum absolute atomic E-state index is 12.1. The van der Waals surface area contributed by atoms with Gasteiger partial charge in [-0.05, 0) is 24.6 Å². The Bertz CT molecular complexity index is 439. The topological polar surface area (TPSA) is 26.3 Å². The number of carbonyl (C=O) groups is 1. The summed E-state index contributed by atoms with van der Waals surface area (Å²) in [5.41, 5.74) is 0. The Labute approximate surface area is 210 Å². The van der Waals surface area contributed by atoms with Crippen LogP contribution in [0.2, 0.25) is 18.1 Å². The average Bonchev–Trinajstić information content (AvgIpc) is 2.73. The van der Waals surface area contributed by atoms with Gasteiger partial charge in [0.2, 0.25) is 0 Å². The molecular formula is C30H62O2Si. The van der Waals surface area contributed by atoms with E-state index in [0.29, 0.717) is 6.42 Å². The second-order valence-corrected chi connectivity index (χ2v) is 16.8. The van der Waals surface area contributed by atoms with Gasteiger partial charge in [0.25, 0.3) is 14.3 Å². The molecule has 0 aliphatic carbocycles. The molecule has 0 heterocycles. The summed E-state index contributed by atoms with van der Waals surface area (Å²) in [5.74, 6) is 0.0272. The molecule has 0 aliphatic heterocycles. The summed E-state index contributed by atoms with van der Waals surface area (Å²) < 4.78 is 5.85. The van der Waals surface area contributed by atoms with E-state index in [4.69, 9.17) is 4.43 Å². The SMILES string of the molecule is CCCCCCCCCCCCCCCCCCCCCCCC(=O)O[Si](C)(C)C(C)(C)C. The maximum atomic E-state index is 12.1. The van der Waals surface area contributed by atoms with Crippen molar-refractivity contribution in [2.75, 3.05) is 0 Å². The van der Waals surface area contributed by atoms with Crippen LogP contribution in [0, 0.1) is 0 Å². The minimum atomic E-state index is -1.93. The fourth-order valence-electron chi connectivity index (χ4n) is 4.19. The van der Waals surface area contributed by atoms with E-state index in [9.17, 15) is 4.79 Å². The van der Waals surface area contributed by atoms with E-state index in [1.807, 2.05) is 0 Å². The number of carbonyl (C=O) groups excluding carboxylic acids is 1. The summed E-state index contributed by atoms with van der Waals surface area (Å²) in [7, 11) is -1.93. The van der Waals surface area contributed by atoms with Gasteiger partial charge in [-0.2, -0.15) is 0 Å². The zero-order valence-corrected chi connectivity index (χ0v) is 24.9. The van der Waals surface area contributed by atoms with Gasteiger partial charge in [-0.15, -0.1) is 0 Å². The van der Waals surface area contributed by atoms with Crippen molar-refractivity contribution < 1.29 is 9.22 Å². The van der Waals surface area contributed by atoms with E-state index in [1.165, 1.54) is 128 Å². The first-order chi connectivity index (χ1) is 15.7. The molecule has 33 heavy (non-hydrogen) atoms. The number of hydrogen-bond donors (Lipinski definition) is 0. The molecule has 0 saturated heterocycles. The predicted molar refractivity (Wildman–Crippen MR) is 151 cm³/mol. The van der Waals surface area contributed by atoms with Crippen LogP contribution in [-0.4, -0.2) is 14.3 Å². The third-order valence-corrected chi connectivity index (χ3v) is 12.0. The van der Waals surface area contributed by atoms with Crippen molar-refractivity contribution in [2.45, 2.75) is 187 Å². The highest BCUT2D eigenvalue weighted by Gasteiger charge is 2.40. The highest BCUT2D eigenvalue weighted by atomic mass is 28.4. The molecule has 0 spiro atoms. The molecule has 0 aliphatic rings. The van der Waals surface area contributed by atoms with Crippen molar-refractivity contribution in [1.29, 1.82) is 0 Å². The molecule has 0 aromatic rings. The van der Waals surface area contributed by atoms with E-state index in [1.54, 1.807) is 0 Å². The van der Waals surface area contributed by atoms with E-state index >= 15 is 0 Å². The van der Waals surface area contributed by atoms with Crippen LogP contribution in [0.25, 0.3) is 0 Å². The van der Waals surface area contributed by atoms with Gasteiger partial charge in [-0.3, -0.25) is 4.79 Å². The summed E-state index contributed by atoms with van der Waals surface area (Å²) in [4.78, 5) is 12.1. The number of rotatable bonds is 23. The van der Waals surface area contributed by atoms with Crippen LogP contribution in [0.5, 0.6) is 0 Å². The Kier molecular flexibility index (Phi) is 20.8. The summed E-state index contributed by atoms with van der Waals surface area (Å²) in [6.07, 6.45) is 29.8. The van der Waals surface area contributed by atoms with Crippen LogP contribution in [0.1, 0.15) is 169 Å². The monoisotopic (exact) mass is 482 g/mol. The molecule has 0 bridgehead atoms. The molecule has 0 atom stereocenters. The Balaban J connectivity index is 3.27. The van der Waals surface area contributed by atoms with Gasteiger partial charge >= 0.3 is 0 Å². The molecule has 0 rings (SSSR count). The highest BCUT2D eigenvalue weighted by molar-refractivity contribution is 6.75. The Morgan fingerprint density at radius 3 is 1.09 bits per heavy atom. The third kappa shape index (κ3) is 20.7. The lowest BCUT2D eigenvalue weighted by Crippen LogP contribution is -2.42. The molecule has 0 aromatic heterocycles. The van der Waals surface area contributed by atoms with Crippen molar-refractivity contribution in [3.05, 3.63) is 0 Å². The zero-order valence-electron chi connectivity index (χ0n) is 23.9. The second kappa shape index (κ2) is 21.0. The van der Waals surface area contributed by atoms with Gasteiger partial charge < -0.3 is 4.43 Å². The van der Waals surface area contributed by atoms with Crippen LogP contribution in [0.15, 0.2) is 0 Å². The first-order valence-corrected chi connectivity index (χ1v) is 17.8. The Hall–Kier alpha value is -0.313. The number of hydrogen-bond acceptors (Lipinski definition) is 2. The van der Waals surface area contributed by atoms with Gasteiger partial charge in [0.15, 0.2) is 0 Å². The molecule has 0 fully saturated rings. The lowest BCUT2D eigenvalue weighted by atomic mass is 10.0. The standard InChI is InChI=1S/C30H62O2Si/c1-7-8-9-10-11-12-13-14-15-16-17-18-19-20-21-22-23-24-25-26-27-28-29(31)32-33(5,6)30(2,3)4/h7-28H2,1-6H3. The minimum Gasteiger partial charge on any atom is -0.519 e. The van der Waals surface area contributed by atoms with Crippen LogP contribution >= 0.6 is 0 Å². The lowest BCUT2D eigenvalue weighted by molar-refractivity contribution is -0.135. The minimum absolute atomic E-state index is 0.0272. The molecule has 0 unspecified atom stereocenters. The van der Waals surface area contributed by atoms with Crippen LogP contribution in [0.4, 0.5) is 0 Å². The molecular weight excluding hydrogens is 420 g/mol. The van der Waals surface area contributed by atoms with E-state index in [2.05, 4.69) is 40.8 Å². The fourth-order valence-corrected chi connectivity index (χ4v) is 5.17. The molecule has 0 saturated carbocycles. The quantitative estimate of drug-likeness (QED) is 0.107. The fraction of sp³-hybridized carbons (Fsp3) is 0.967. The summed E-state index contributed by atoms with van der Waals surface area (Å²) >= 11 is 0. The van der Waals surface area contributed by atoms with Crippen LogP contribution < -0.4 is 0 Å². The van der Waals surface area contributed by atoms with E-state index < -0.39 is 8.32 Å². The molecule has 3 heteroatoms. The summed E-state index contributed by atoms with van der Waals surface area (Å²) in [6, 6.07) is 0. The largest absolute Gasteiger partial charge is 0.519 e. The van der Waals surface area contributed by atoms with Crippen molar-refractivity contribution in [3.8, 4) is 0 Å². The molecule has 0 radical (unpaired) electrons. The summed E-state index contributed by atoms with van der Waals surface area (Å²) in [5, 5.41) is 0.107. The highest BCUT2D eigenvalue weighted by Crippen LogP contribution is 2.36. The van der Waals surface area contributed by atoms with Gasteiger partial charge in [-0.25, -0.2) is 0 Å². The maximum Gasteiger partial charge on any atom is 0.292 e. The third-order valence-electron chi connectivity index (χ3n) is 7.66. The van der Waals surface area contributed by atoms with Gasteiger partial charge in [0.05, 0.1) is 0 Å². The van der Waals surface area contributed by atoms with Crippen LogP contribution in [-0.2, 0) is 9.22 Å². The van der Waals surface area contributed by atoms with E-state index in [0.717, 1.165) is 6.42 Å². The van der Waals surface area contributed by atoms with E-state index in [-0.39, 0.29) is 11.0 Å². The zero-order chi connectivity index (χ0) is 24.8. The molecule has 0 aromatic carbocycles. The van der Waals surface area contributed by atoms with Crippen molar-refractivity contribution in [2.24, 2.45) is 0 Å². The molecule has 0 amide bonds. The van der Waals surface area contributed by atoms with Crippen molar-refractivity contribution in [3.63, 3.8) is 0 Å². The van der Waals surface area contributed by atoms with Gasteiger partial charge in [-0.1, -0.05) is 156 Å². The lowest BCUT2D eigenvalue weighted by Gasteiger charge is -2.35. The Morgan fingerprint density at radius 1 is 0.545 bits per heavy atom. The molecule has 198 valence electrons. The summed E-state index contributed by atoms with van der Waals surface area (Å²) in [6.45, 7) is 13.2. The van der Waals surface area contributed by atoms with Crippen molar-refractivity contribution >= 4 is 14.3 Å².